The first kappa shape index (κ1) is 19.4. The number of nitrogens with zero attached hydrogens (tertiary/aromatic N) is 1. The molecule has 3 atom stereocenters. The van der Waals surface area contributed by atoms with E-state index in [1.54, 1.807) is 4.90 Å². The van der Waals surface area contributed by atoms with Gasteiger partial charge < -0.3 is 4.90 Å². The first-order valence-electron chi connectivity index (χ1n) is 9.43. The van der Waals surface area contributed by atoms with Gasteiger partial charge in [-0.15, -0.1) is 0 Å². The van der Waals surface area contributed by atoms with E-state index in [0.29, 0.717) is 24.5 Å². The molecule has 2 aromatic carbocycles. The number of carbonyl (C=O) groups excluding carboxylic acids is 1. The van der Waals surface area contributed by atoms with Crippen molar-refractivity contribution in [3.8, 4) is 11.1 Å². The average molecular weight is 419 g/mol. The normalized spacial score (nSPS) is 24.4. The zero-order valence-electron chi connectivity index (χ0n) is 15.6. The number of hydrogen-bond acceptors (Lipinski definition) is 3. The van der Waals surface area contributed by atoms with Gasteiger partial charge in [-0.2, -0.15) is 0 Å². The molecule has 1 saturated carbocycles. The molecule has 5 nitrogen and oxygen atoms in total. The number of rotatable bonds is 5. The van der Waals surface area contributed by atoms with Crippen molar-refractivity contribution in [2.45, 2.75) is 24.8 Å². The number of benzene rings is 2. The molecule has 2 aliphatic rings. The Hall–Kier alpha value is -1.89. The van der Waals surface area contributed by atoms with Gasteiger partial charge in [-0.3, -0.25) is 4.79 Å². The fourth-order valence-corrected chi connectivity index (χ4v) is 5.19. The summed E-state index contributed by atoms with van der Waals surface area (Å²) >= 11 is 6.40. The maximum atomic E-state index is 12.9. The summed E-state index contributed by atoms with van der Waals surface area (Å²) in [6.07, 6.45) is 2.63. The van der Waals surface area contributed by atoms with Crippen molar-refractivity contribution in [2.75, 3.05) is 19.3 Å². The van der Waals surface area contributed by atoms with Crippen molar-refractivity contribution >= 4 is 27.5 Å². The molecule has 0 unspecified atom stereocenters. The molecular formula is C21H23ClN2O3S. The van der Waals surface area contributed by atoms with E-state index in [9.17, 15) is 13.2 Å². The summed E-state index contributed by atoms with van der Waals surface area (Å²) in [7, 11) is -3.26. The molecule has 1 heterocycles. The lowest BCUT2D eigenvalue weighted by Gasteiger charge is -2.17. The van der Waals surface area contributed by atoms with Gasteiger partial charge in [0.2, 0.25) is 15.9 Å². The number of amides is 1. The molecule has 1 N–H and O–H groups in total. The zero-order chi connectivity index (χ0) is 19.9. The molecule has 148 valence electrons. The van der Waals surface area contributed by atoms with Crippen LogP contribution in [0.15, 0.2) is 48.5 Å². The maximum Gasteiger partial charge on any atom is 0.226 e. The number of hydrogen-bond donors (Lipinski definition) is 1. The van der Waals surface area contributed by atoms with Crippen molar-refractivity contribution in [2.24, 2.45) is 5.92 Å². The molecule has 0 spiro atoms. The highest BCUT2D eigenvalue weighted by molar-refractivity contribution is 7.88. The molecule has 1 aliphatic carbocycles. The lowest BCUT2D eigenvalue weighted by molar-refractivity contribution is -0.131. The summed E-state index contributed by atoms with van der Waals surface area (Å²) in [5.74, 6) is 0.263. The minimum atomic E-state index is -3.26. The monoisotopic (exact) mass is 418 g/mol. The van der Waals surface area contributed by atoms with E-state index < -0.39 is 10.0 Å². The van der Waals surface area contributed by atoms with Gasteiger partial charge in [-0.05, 0) is 36.0 Å². The van der Waals surface area contributed by atoms with Crippen LogP contribution in [0.3, 0.4) is 0 Å². The van der Waals surface area contributed by atoms with Crippen LogP contribution in [-0.2, 0) is 14.8 Å². The summed E-state index contributed by atoms with van der Waals surface area (Å²) in [6, 6.07) is 15.7. The molecule has 0 aromatic heterocycles. The fourth-order valence-electron chi connectivity index (χ4n) is 4.15. The number of likely N-dealkylation sites (tertiary alicyclic amines) is 1. The van der Waals surface area contributed by atoms with Crippen LogP contribution in [0.25, 0.3) is 11.1 Å². The smallest absolute Gasteiger partial charge is 0.226 e. The van der Waals surface area contributed by atoms with Crippen LogP contribution in [0.5, 0.6) is 0 Å². The predicted octanol–water partition coefficient (Wildman–Crippen LogP) is 3.26. The highest BCUT2D eigenvalue weighted by Gasteiger charge is 2.47. The van der Waals surface area contributed by atoms with Crippen molar-refractivity contribution < 1.29 is 13.2 Å². The highest BCUT2D eigenvalue weighted by Crippen LogP contribution is 2.51. The van der Waals surface area contributed by atoms with Crippen molar-refractivity contribution in [1.29, 1.82) is 0 Å². The first-order chi connectivity index (χ1) is 13.3. The number of sulfonamides is 1. The van der Waals surface area contributed by atoms with Crippen LogP contribution < -0.4 is 4.72 Å². The number of halogens is 1. The van der Waals surface area contributed by atoms with Crippen LogP contribution >= 0.6 is 11.6 Å². The molecular weight excluding hydrogens is 396 g/mol. The second kappa shape index (κ2) is 7.50. The molecule has 2 fully saturated rings. The zero-order valence-corrected chi connectivity index (χ0v) is 17.2. The second-order valence-corrected chi connectivity index (χ2v) is 9.86. The lowest BCUT2D eigenvalue weighted by Crippen LogP contribution is -2.38. The Morgan fingerprint density at radius 3 is 2.50 bits per heavy atom. The SMILES string of the molecule is CS(=O)(=O)N[C@@H]1CCN(C(=O)[C@@H]2C[C@H]2c2ccccc2-c2ccccc2Cl)C1. The van der Waals surface area contributed by atoms with E-state index in [-0.39, 0.29) is 23.8 Å². The van der Waals surface area contributed by atoms with Crippen LogP contribution in [0.2, 0.25) is 5.02 Å². The third-order valence-corrected chi connectivity index (χ3v) is 6.60. The Morgan fingerprint density at radius 2 is 1.79 bits per heavy atom. The Morgan fingerprint density at radius 1 is 1.11 bits per heavy atom. The van der Waals surface area contributed by atoms with Crippen LogP contribution in [-0.4, -0.2) is 44.6 Å². The largest absolute Gasteiger partial charge is 0.341 e. The summed E-state index contributed by atoms with van der Waals surface area (Å²) in [5, 5.41) is 0.702. The molecule has 28 heavy (non-hydrogen) atoms. The average Bonchev–Trinajstić information content (AvgIpc) is 3.32. The number of carbonyl (C=O) groups is 1. The van der Waals surface area contributed by atoms with Gasteiger partial charge in [0.05, 0.1) is 6.26 Å². The minimum Gasteiger partial charge on any atom is -0.341 e. The Labute approximate surface area is 170 Å². The quantitative estimate of drug-likeness (QED) is 0.810. The third-order valence-electron chi connectivity index (χ3n) is 5.51. The van der Waals surface area contributed by atoms with E-state index in [1.807, 2.05) is 36.4 Å². The molecule has 0 radical (unpaired) electrons. The summed E-state index contributed by atoms with van der Waals surface area (Å²) < 4.78 is 25.4. The molecule has 4 rings (SSSR count). The fraction of sp³-hybridized carbons (Fsp3) is 0.381. The Kier molecular flexibility index (Phi) is 5.21. The predicted molar refractivity (Wildman–Crippen MR) is 111 cm³/mol. The van der Waals surface area contributed by atoms with Gasteiger partial charge in [0.15, 0.2) is 0 Å². The molecule has 0 bridgehead atoms. The van der Waals surface area contributed by atoms with E-state index >= 15 is 0 Å². The van der Waals surface area contributed by atoms with E-state index in [1.165, 1.54) is 0 Å². The topological polar surface area (TPSA) is 66.5 Å². The van der Waals surface area contributed by atoms with Gasteiger partial charge in [-0.25, -0.2) is 13.1 Å². The standard InChI is InChI=1S/C21H23ClN2O3S/c1-28(26,27)23-14-10-11-24(13-14)21(25)19-12-18(19)16-7-3-2-6-15(16)17-8-4-5-9-20(17)22/h2-9,14,18-19,23H,10-13H2,1H3/t14-,18+,19-/m1/s1. The second-order valence-electron chi connectivity index (χ2n) is 7.68. The molecule has 1 saturated heterocycles. The molecule has 2 aromatic rings. The van der Waals surface area contributed by atoms with Gasteiger partial charge in [0.1, 0.15) is 0 Å². The summed E-state index contributed by atoms with van der Waals surface area (Å²) in [5.41, 5.74) is 3.21. The van der Waals surface area contributed by atoms with E-state index in [2.05, 4.69) is 16.9 Å². The van der Waals surface area contributed by atoms with E-state index in [0.717, 1.165) is 29.4 Å². The van der Waals surface area contributed by atoms with Gasteiger partial charge in [0, 0.05) is 35.6 Å². The molecule has 1 amide bonds. The molecule has 7 heteroatoms. The lowest BCUT2D eigenvalue weighted by atomic mass is 9.96. The maximum absolute atomic E-state index is 12.9. The van der Waals surface area contributed by atoms with Crippen molar-refractivity contribution in [1.82, 2.24) is 9.62 Å². The summed E-state index contributed by atoms with van der Waals surface area (Å²) in [6.45, 7) is 1.04. The molecule has 1 aliphatic heterocycles. The third kappa shape index (κ3) is 4.09. The van der Waals surface area contributed by atoms with Crippen molar-refractivity contribution in [3.63, 3.8) is 0 Å². The van der Waals surface area contributed by atoms with Gasteiger partial charge in [0.25, 0.3) is 0 Å². The Balaban J connectivity index is 1.48. The van der Waals surface area contributed by atoms with E-state index in [4.69, 9.17) is 11.6 Å². The summed E-state index contributed by atoms with van der Waals surface area (Å²) in [4.78, 5) is 14.7. The van der Waals surface area contributed by atoms with Gasteiger partial charge >= 0.3 is 0 Å². The van der Waals surface area contributed by atoms with Crippen LogP contribution in [0, 0.1) is 5.92 Å². The highest BCUT2D eigenvalue weighted by atomic mass is 35.5. The minimum absolute atomic E-state index is 0.0411. The van der Waals surface area contributed by atoms with Crippen LogP contribution in [0.1, 0.15) is 24.3 Å². The van der Waals surface area contributed by atoms with Crippen LogP contribution in [0.4, 0.5) is 0 Å². The Bertz CT molecular complexity index is 1010. The number of nitrogens with one attached hydrogen (secondary N) is 1. The van der Waals surface area contributed by atoms with Gasteiger partial charge in [-0.1, -0.05) is 54.1 Å². The first-order valence-corrected chi connectivity index (χ1v) is 11.7. The van der Waals surface area contributed by atoms with Crippen molar-refractivity contribution in [3.05, 3.63) is 59.1 Å².